The Hall–Kier alpha value is -1.73. The zero-order chi connectivity index (χ0) is 32.7. The number of thioether (sulfide) groups is 1. The molecule has 0 aromatic heterocycles. The van der Waals surface area contributed by atoms with Gasteiger partial charge in [-0.2, -0.15) is 0 Å². The molecule has 3 aliphatic carbocycles. The molecule has 5 rings (SSSR count). The summed E-state index contributed by atoms with van der Waals surface area (Å²) in [6, 6.07) is 0.193. The molecule has 5 aliphatic rings. The molecular formula is C39H63N3O3S. The van der Waals surface area contributed by atoms with E-state index in [9.17, 15) is 9.59 Å². The van der Waals surface area contributed by atoms with Gasteiger partial charge in [0.15, 0.2) is 0 Å². The van der Waals surface area contributed by atoms with Gasteiger partial charge in [-0.25, -0.2) is 4.79 Å². The fraction of sp³-hybridized carbons (Fsp3) is 0.795. The van der Waals surface area contributed by atoms with Crippen LogP contribution in [0.4, 0.5) is 4.79 Å². The largest absolute Gasteiger partial charge is 0.378 e. The SMILES string of the molecule is C=C1CC[C@H](OCCCNC(=O)CCCC2C[C@H]3NC(=O)N[C@H]3S2)CC1=CC=C1CCC[C@@]2(C)C1CCC2[C@H](C)CCCC(C)C. The Morgan fingerprint density at radius 2 is 1.96 bits per heavy atom. The molecule has 3 saturated carbocycles. The van der Waals surface area contributed by atoms with Crippen molar-refractivity contribution >= 4 is 23.7 Å². The van der Waals surface area contributed by atoms with Crippen LogP contribution in [0.25, 0.3) is 0 Å². The van der Waals surface area contributed by atoms with Gasteiger partial charge < -0.3 is 20.7 Å². The summed E-state index contributed by atoms with van der Waals surface area (Å²) in [6.07, 6.45) is 23.4. The second-order valence-electron chi connectivity index (χ2n) is 15.9. The lowest BCUT2D eigenvalue weighted by atomic mass is 9.60. The number of hydrogen-bond donors (Lipinski definition) is 3. The van der Waals surface area contributed by atoms with Crippen LogP contribution in [0.1, 0.15) is 130 Å². The average Bonchev–Trinajstić information content (AvgIpc) is 3.67. The van der Waals surface area contributed by atoms with E-state index in [1.165, 1.54) is 62.5 Å². The number of allylic oxidation sites excluding steroid dienone is 4. The van der Waals surface area contributed by atoms with Crippen molar-refractivity contribution in [2.45, 2.75) is 153 Å². The number of ether oxygens (including phenoxy) is 1. The van der Waals surface area contributed by atoms with E-state index in [1.54, 1.807) is 5.57 Å². The van der Waals surface area contributed by atoms with Crippen molar-refractivity contribution in [1.29, 1.82) is 0 Å². The van der Waals surface area contributed by atoms with E-state index in [0.29, 0.717) is 30.2 Å². The van der Waals surface area contributed by atoms with Gasteiger partial charge in [-0.1, -0.05) is 76.8 Å². The summed E-state index contributed by atoms with van der Waals surface area (Å²) in [5, 5.41) is 9.74. The second-order valence-corrected chi connectivity index (χ2v) is 17.4. The number of hydrogen-bond acceptors (Lipinski definition) is 4. The van der Waals surface area contributed by atoms with Gasteiger partial charge in [-0.15, -0.1) is 11.8 Å². The van der Waals surface area contributed by atoms with Crippen LogP contribution in [-0.4, -0.2) is 47.9 Å². The molecule has 2 heterocycles. The zero-order valence-corrected chi connectivity index (χ0v) is 30.2. The van der Waals surface area contributed by atoms with Gasteiger partial charge in [-0.3, -0.25) is 4.79 Å². The smallest absolute Gasteiger partial charge is 0.316 e. The van der Waals surface area contributed by atoms with Gasteiger partial charge in [0.25, 0.3) is 0 Å². The molecule has 0 bridgehead atoms. The molecule has 2 aliphatic heterocycles. The van der Waals surface area contributed by atoms with Gasteiger partial charge in [0.05, 0.1) is 17.5 Å². The van der Waals surface area contributed by atoms with Crippen LogP contribution < -0.4 is 16.0 Å². The highest BCUT2D eigenvalue weighted by Crippen LogP contribution is 2.60. The summed E-state index contributed by atoms with van der Waals surface area (Å²) in [6.45, 7) is 15.7. The maximum absolute atomic E-state index is 12.4. The summed E-state index contributed by atoms with van der Waals surface area (Å²) in [5.74, 6) is 3.40. The molecule has 0 aromatic rings. The molecule has 3 amide bonds. The Balaban J connectivity index is 0.998. The van der Waals surface area contributed by atoms with Crippen molar-refractivity contribution in [3.8, 4) is 0 Å². The lowest BCUT2D eigenvalue weighted by Crippen LogP contribution is -2.36. The van der Waals surface area contributed by atoms with Crippen LogP contribution in [0, 0.1) is 29.1 Å². The number of carbonyl (C=O) groups is 2. The van der Waals surface area contributed by atoms with Crippen LogP contribution >= 0.6 is 11.8 Å². The third-order valence-corrected chi connectivity index (χ3v) is 13.6. The first-order valence-electron chi connectivity index (χ1n) is 18.8. The first kappa shape index (κ1) is 35.6. The highest BCUT2D eigenvalue weighted by Gasteiger charge is 2.50. The Bertz CT molecular complexity index is 1120. The fourth-order valence-electron chi connectivity index (χ4n) is 9.47. The molecule has 0 radical (unpaired) electrons. The molecule has 8 atom stereocenters. The molecule has 258 valence electrons. The average molecular weight is 654 g/mol. The van der Waals surface area contributed by atoms with Crippen molar-refractivity contribution in [2.75, 3.05) is 13.2 Å². The van der Waals surface area contributed by atoms with Gasteiger partial charge in [0, 0.05) is 24.8 Å². The van der Waals surface area contributed by atoms with Crippen molar-refractivity contribution < 1.29 is 14.3 Å². The Morgan fingerprint density at radius 3 is 2.76 bits per heavy atom. The summed E-state index contributed by atoms with van der Waals surface area (Å²) < 4.78 is 6.31. The van der Waals surface area contributed by atoms with E-state index in [1.807, 2.05) is 11.8 Å². The number of amides is 3. The molecule has 7 heteroatoms. The first-order chi connectivity index (χ1) is 22.1. The number of carbonyl (C=O) groups excluding carboxylic acids is 2. The van der Waals surface area contributed by atoms with Crippen LogP contribution in [-0.2, 0) is 9.53 Å². The number of fused-ring (bicyclic) bond motifs is 2. The van der Waals surface area contributed by atoms with Gasteiger partial charge in [0.1, 0.15) is 0 Å². The number of urea groups is 1. The van der Waals surface area contributed by atoms with Gasteiger partial charge >= 0.3 is 6.03 Å². The molecule has 2 saturated heterocycles. The predicted molar refractivity (Wildman–Crippen MR) is 192 cm³/mol. The number of nitrogens with one attached hydrogen (secondary N) is 3. The molecule has 3 unspecified atom stereocenters. The van der Waals surface area contributed by atoms with Crippen LogP contribution in [0.5, 0.6) is 0 Å². The van der Waals surface area contributed by atoms with Crippen LogP contribution in [0.2, 0.25) is 0 Å². The minimum absolute atomic E-state index is 0.0513. The molecule has 0 aromatic carbocycles. The molecule has 0 spiro atoms. The molecule has 46 heavy (non-hydrogen) atoms. The van der Waals surface area contributed by atoms with E-state index in [-0.39, 0.29) is 29.5 Å². The van der Waals surface area contributed by atoms with Gasteiger partial charge in [0.2, 0.25) is 5.91 Å². The second kappa shape index (κ2) is 16.6. The van der Waals surface area contributed by atoms with Crippen molar-refractivity contribution in [3.05, 3.63) is 35.5 Å². The highest BCUT2D eigenvalue weighted by molar-refractivity contribution is 8.00. The molecular weight excluding hydrogens is 591 g/mol. The van der Waals surface area contributed by atoms with E-state index in [0.717, 1.165) is 68.6 Å². The normalized spacial score (nSPS) is 34.9. The van der Waals surface area contributed by atoms with Gasteiger partial charge in [-0.05, 0) is 112 Å². The van der Waals surface area contributed by atoms with Crippen molar-refractivity contribution in [3.63, 3.8) is 0 Å². The monoisotopic (exact) mass is 653 g/mol. The van der Waals surface area contributed by atoms with Crippen molar-refractivity contribution in [2.24, 2.45) is 29.1 Å². The van der Waals surface area contributed by atoms with E-state index < -0.39 is 0 Å². The Morgan fingerprint density at radius 1 is 1.11 bits per heavy atom. The lowest BCUT2D eigenvalue weighted by molar-refractivity contribution is -0.121. The maximum Gasteiger partial charge on any atom is 0.316 e. The molecule has 6 nitrogen and oxygen atoms in total. The van der Waals surface area contributed by atoms with Crippen LogP contribution in [0.3, 0.4) is 0 Å². The fourth-order valence-corrected chi connectivity index (χ4v) is 11.1. The van der Waals surface area contributed by atoms with E-state index >= 15 is 0 Å². The minimum Gasteiger partial charge on any atom is -0.378 e. The predicted octanol–water partition coefficient (Wildman–Crippen LogP) is 8.83. The summed E-state index contributed by atoms with van der Waals surface area (Å²) in [5.41, 5.74) is 4.82. The van der Waals surface area contributed by atoms with Crippen LogP contribution in [0.15, 0.2) is 35.5 Å². The third kappa shape index (κ3) is 9.24. The first-order valence-corrected chi connectivity index (χ1v) is 19.7. The minimum atomic E-state index is -0.0513. The number of rotatable bonds is 15. The standard InChI is InChI=1S/C39H63N3O3S/c1-26(2)10-6-11-28(4)33-19-20-34-29(12-8-21-39(33,34)5)16-17-30-24-31(18-15-27(30)3)45-23-9-22-40-36(43)14-7-13-32-25-35-37(46-32)42-38(44)41-35/h16-17,26,28,31-35,37H,3,6-15,18-25H2,1-2,4-5H3,(H,40,43)(H2,41,42,44)/t28-,31+,32?,33?,34?,35-,37+,39-/m1/s1. The van der Waals surface area contributed by atoms with E-state index in [4.69, 9.17) is 4.74 Å². The van der Waals surface area contributed by atoms with E-state index in [2.05, 4.69) is 62.4 Å². The third-order valence-electron chi connectivity index (χ3n) is 12.1. The summed E-state index contributed by atoms with van der Waals surface area (Å²) >= 11 is 1.84. The maximum atomic E-state index is 12.4. The lowest BCUT2D eigenvalue weighted by Gasteiger charge is -2.44. The zero-order valence-electron chi connectivity index (χ0n) is 29.3. The van der Waals surface area contributed by atoms with Crippen molar-refractivity contribution in [1.82, 2.24) is 16.0 Å². The summed E-state index contributed by atoms with van der Waals surface area (Å²) in [7, 11) is 0. The highest BCUT2D eigenvalue weighted by atomic mass is 32.2. The Kier molecular flexibility index (Phi) is 12.8. The summed E-state index contributed by atoms with van der Waals surface area (Å²) in [4.78, 5) is 23.8. The molecule has 5 fully saturated rings. The quantitative estimate of drug-likeness (QED) is 0.154. The molecule has 3 N–H and O–H groups in total. The Labute approximate surface area is 284 Å². The topological polar surface area (TPSA) is 79.5 Å².